The van der Waals surface area contributed by atoms with E-state index >= 15 is 0 Å². The molecule has 0 radical (unpaired) electrons. The highest BCUT2D eigenvalue weighted by Gasteiger charge is 2.33. The third kappa shape index (κ3) is 6.81. The highest BCUT2D eigenvalue weighted by molar-refractivity contribution is 7.18. The van der Waals surface area contributed by atoms with Crippen molar-refractivity contribution >= 4 is 57.9 Å². The summed E-state index contributed by atoms with van der Waals surface area (Å²) in [5, 5.41) is 17.7. The molecule has 1 aromatic heterocycles. The van der Waals surface area contributed by atoms with Crippen LogP contribution in [0.25, 0.3) is 0 Å². The Kier molecular flexibility index (Phi) is 8.89. The van der Waals surface area contributed by atoms with Crippen LogP contribution in [0.3, 0.4) is 0 Å². The van der Waals surface area contributed by atoms with Gasteiger partial charge in [0.25, 0.3) is 5.91 Å². The normalized spacial score (nSPS) is 15.3. The molecule has 0 spiro atoms. The molecule has 1 aliphatic heterocycles. The van der Waals surface area contributed by atoms with Gasteiger partial charge in [0, 0.05) is 31.8 Å². The van der Waals surface area contributed by atoms with Crippen LogP contribution >= 0.6 is 22.9 Å². The van der Waals surface area contributed by atoms with Crippen LogP contribution in [-0.2, 0) is 9.53 Å². The number of nitrogens with one attached hydrogen (secondary N) is 3. The molecule has 1 saturated heterocycles. The lowest BCUT2D eigenvalue weighted by molar-refractivity contribution is -0.116. The number of thiophene rings is 1. The van der Waals surface area contributed by atoms with Gasteiger partial charge in [-0.15, -0.1) is 11.3 Å². The molecule has 10 nitrogen and oxygen atoms in total. The zero-order valence-corrected chi connectivity index (χ0v) is 19.4. The minimum Gasteiger partial charge on any atom is -0.442 e. The Bertz CT molecular complexity index is 1000. The maximum Gasteiger partial charge on any atom is 0.414 e. The molecule has 3 rings (SSSR count). The number of nitrogens with two attached hydrogens (primary N) is 1. The number of hydrogen-bond donors (Lipinski definition) is 5. The largest absolute Gasteiger partial charge is 0.442 e. The Labute approximate surface area is 200 Å². The zero-order valence-electron chi connectivity index (χ0n) is 17.8. The van der Waals surface area contributed by atoms with Crippen molar-refractivity contribution in [2.45, 2.75) is 18.9 Å². The first-order chi connectivity index (χ1) is 15.9. The molecule has 178 valence electrons. The summed E-state index contributed by atoms with van der Waals surface area (Å²) in [5.41, 5.74) is 7.14. The predicted molar refractivity (Wildman–Crippen MR) is 128 cm³/mol. The van der Waals surface area contributed by atoms with E-state index in [1.807, 2.05) is 0 Å². The summed E-state index contributed by atoms with van der Waals surface area (Å²) in [5.74, 6) is -0.539. The number of hydrogen-bond acceptors (Lipinski definition) is 8. The van der Waals surface area contributed by atoms with Gasteiger partial charge in [0.1, 0.15) is 6.10 Å². The van der Waals surface area contributed by atoms with E-state index in [0.29, 0.717) is 39.2 Å². The molecule has 0 bridgehead atoms. The lowest BCUT2D eigenvalue weighted by Gasteiger charge is -2.18. The Hall–Kier alpha value is -2.86. The molecule has 33 heavy (non-hydrogen) atoms. The molecule has 1 atom stereocenters. The van der Waals surface area contributed by atoms with E-state index in [2.05, 4.69) is 16.0 Å². The maximum atomic E-state index is 12.5. The number of benzene rings is 1. The van der Waals surface area contributed by atoms with Crippen molar-refractivity contribution in [3.63, 3.8) is 0 Å². The summed E-state index contributed by atoms with van der Waals surface area (Å²) in [6.07, 6.45) is -0.381. The summed E-state index contributed by atoms with van der Waals surface area (Å²) >= 11 is 7.03. The molecule has 1 aromatic carbocycles. The minimum atomic E-state index is -0.548. The molecular weight excluding hydrogens is 470 g/mol. The van der Waals surface area contributed by atoms with Crippen LogP contribution in [0.15, 0.2) is 30.3 Å². The molecule has 6 N–H and O–H groups in total. The van der Waals surface area contributed by atoms with E-state index in [-0.39, 0.29) is 44.5 Å². The van der Waals surface area contributed by atoms with Gasteiger partial charge in [-0.3, -0.25) is 14.5 Å². The molecule has 0 saturated carbocycles. The van der Waals surface area contributed by atoms with Crippen LogP contribution in [0, 0.1) is 0 Å². The van der Waals surface area contributed by atoms with Gasteiger partial charge in [-0.05, 0) is 36.8 Å². The Morgan fingerprint density at radius 3 is 2.79 bits per heavy atom. The number of aliphatic hydroxyl groups is 1. The van der Waals surface area contributed by atoms with Gasteiger partial charge in [0.05, 0.1) is 33.7 Å². The second-order valence-corrected chi connectivity index (χ2v) is 8.97. The summed E-state index contributed by atoms with van der Waals surface area (Å²) in [6.45, 7) is 1.15. The number of rotatable bonds is 11. The van der Waals surface area contributed by atoms with Gasteiger partial charge in [-0.2, -0.15) is 0 Å². The van der Waals surface area contributed by atoms with E-state index in [1.165, 1.54) is 16.2 Å². The van der Waals surface area contributed by atoms with Crippen molar-refractivity contribution in [2.75, 3.05) is 48.3 Å². The number of amides is 3. The quantitative estimate of drug-likeness (QED) is 0.300. The fraction of sp³-hybridized carbons (Fsp3) is 0.381. The van der Waals surface area contributed by atoms with Gasteiger partial charge in [0.2, 0.25) is 5.91 Å². The molecule has 1 unspecified atom stereocenters. The summed E-state index contributed by atoms with van der Waals surface area (Å²) in [7, 11) is 0. The lowest BCUT2D eigenvalue weighted by atomic mass is 10.2. The van der Waals surface area contributed by atoms with Gasteiger partial charge >= 0.3 is 6.09 Å². The van der Waals surface area contributed by atoms with E-state index in [0.717, 1.165) is 0 Å². The second-order valence-electron chi connectivity index (χ2n) is 7.25. The number of carbonyl (C=O) groups is 3. The number of aliphatic hydroxyl groups excluding tert-OH is 1. The third-order valence-electron chi connectivity index (χ3n) is 4.77. The van der Waals surface area contributed by atoms with Crippen LogP contribution < -0.4 is 26.6 Å². The number of ether oxygens (including phenoxy) is 1. The Morgan fingerprint density at radius 2 is 2.09 bits per heavy atom. The molecule has 1 fully saturated rings. The van der Waals surface area contributed by atoms with Crippen molar-refractivity contribution in [3.8, 4) is 0 Å². The molecule has 1 aliphatic rings. The zero-order chi connectivity index (χ0) is 23.8. The van der Waals surface area contributed by atoms with E-state index in [1.54, 1.807) is 30.3 Å². The highest BCUT2D eigenvalue weighted by atomic mass is 35.5. The van der Waals surface area contributed by atoms with Crippen molar-refractivity contribution in [1.82, 2.24) is 5.32 Å². The van der Waals surface area contributed by atoms with E-state index < -0.39 is 12.2 Å². The first-order valence-corrected chi connectivity index (χ1v) is 11.6. The number of halogens is 1. The molecule has 3 amide bonds. The van der Waals surface area contributed by atoms with Crippen molar-refractivity contribution in [2.24, 2.45) is 5.73 Å². The fourth-order valence-corrected chi connectivity index (χ4v) is 4.13. The second kappa shape index (κ2) is 11.8. The van der Waals surface area contributed by atoms with Crippen LogP contribution in [0.2, 0.25) is 4.34 Å². The van der Waals surface area contributed by atoms with Crippen LogP contribution in [0.1, 0.15) is 22.5 Å². The monoisotopic (exact) mass is 495 g/mol. The minimum absolute atomic E-state index is 0.0387. The van der Waals surface area contributed by atoms with Gasteiger partial charge in [-0.1, -0.05) is 11.6 Å². The number of cyclic esters (lactones) is 1. The van der Waals surface area contributed by atoms with Gasteiger partial charge in [-0.25, -0.2) is 4.79 Å². The van der Waals surface area contributed by atoms with Crippen molar-refractivity contribution < 1.29 is 24.2 Å². The lowest BCUT2D eigenvalue weighted by Crippen LogP contribution is -2.34. The van der Waals surface area contributed by atoms with Crippen LogP contribution in [0.4, 0.5) is 21.9 Å². The highest BCUT2D eigenvalue weighted by Crippen LogP contribution is 2.30. The molecule has 0 aliphatic carbocycles. The molecule has 2 aromatic rings. The van der Waals surface area contributed by atoms with Crippen LogP contribution in [0.5, 0.6) is 0 Å². The van der Waals surface area contributed by atoms with Crippen molar-refractivity contribution in [3.05, 3.63) is 39.5 Å². The Morgan fingerprint density at radius 1 is 1.27 bits per heavy atom. The summed E-state index contributed by atoms with van der Waals surface area (Å²) < 4.78 is 5.91. The molecule has 12 heteroatoms. The summed E-state index contributed by atoms with van der Waals surface area (Å²) in [6, 6.07) is 8.42. The number of anilines is 3. The topological polar surface area (TPSA) is 146 Å². The molecular formula is C21H26ClN5O5S. The fourth-order valence-electron chi connectivity index (χ4n) is 3.17. The van der Waals surface area contributed by atoms with E-state index in [9.17, 15) is 14.4 Å². The van der Waals surface area contributed by atoms with Crippen LogP contribution in [-0.4, -0.2) is 61.9 Å². The molecule has 2 heterocycles. The first kappa shape index (κ1) is 24.8. The first-order valence-electron chi connectivity index (χ1n) is 10.4. The average Bonchev–Trinajstić information content (AvgIpc) is 3.38. The van der Waals surface area contributed by atoms with Gasteiger partial charge in [0.15, 0.2) is 0 Å². The average molecular weight is 496 g/mol. The van der Waals surface area contributed by atoms with Crippen molar-refractivity contribution in [1.29, 1.82) is 0 Å². The Balaban J connectivity index is 1.67. The van der Waals surface area contributed by atoms with Gasteiger partial charge < -0.3 is 31.5 Å². The standard InChI is InChI=1S/C21H26ClN5O5S/c22-18-5-4-17(33-18)20(30)25-11-14-12-27(21(31)32-14)13-2-3-15(24-8-1-9-28)16(10-13)26-19(29)6-7-23/h2-5,10,14,24,28H,1,6-9,11-12,23H2,(H,25,30)(H,26,29). The number of nitrogens with zero attached hydrogens (tertiary/aromatic N) is 1. The summed E-state index contributed by atoms with van der Waals surface area (Å²) in [4.78, 5) is 38.7. The number of carbonyl (C=O) groups excluding carboxylic acids is 3. The predicted octanol–water partition coefficient (Wildman–Crippen LogP) is 2.24. The SMILES string of the molecule is NCCC(=O)Nc1cc(N2CC(CNC(=O)c3ccc(Cl)s3)OC2=O)ccc1NCCCO. The third-order valence-corrected chi connectivity index (χ3v) is 6.00. The smallest absolute Gasteiger partial charge is 0.414 e. The maximum absolute atomic E-state index is 12.5. The van der Waals surface area contributed by atoms with E-state index in [4.69, 9.17) is 27.2 Å².